The molecule has 2 aliphatic rings. The molecule has 2 aliphatic carbocycles. The average molecular weight is 336 g/mol. The van der Waals surface area contributed by atoms with Gasteiger partial charge in [-0.1, -0.05) is 76.2 Å². The van der Waals surface area contributed by atoms with E-state index in [4.69, 9.17) is 0 Å². The minimum Gasteiger partial charge on any atom is -0.0619 e. The maximum absolute atomic E-state index is 2.30. The molecule has 0 nitrogen and oxygen atoms in total. The Labute approximate surface area is 160 Å². The lowest BCUT2D eigenvalue weighted by molar-refractivity contribution is 1.08. The van der Waals surface area contributed by atoms with Gasteiger partial charge in [-0.3, -0.25) is 0 Å². The molecule has 10 radical (unpaired) electrons. The summed E-state index contributed by atoms with van der Waals surface area (Å²) in [6.45, 7) is 8.74. The Morgan fingerprint density at radius 2 is 0.654 bits per heavy atom. The summed E-state index contributed by atoms with van der Waals surface area (Å²) in [5.74, 6) is 8.02. The molecule has 0 heterocycles. The second kappa shape index (κ2) is 7.22. The molecular weight excluding hydrogens is 312 g/mol. The van der Waals surface area contributed by atoms with Gasteiger partial charge in [0.1, 0.15) is 0 Å². The molecule has 0 unspecified atom stereocenters. The molecule has 0 spiro atoms. The third-order valence-corrected chi connectivity index (χ3v) is 5.50. The van der Waals surface area contributed by atoms with E-state index in [0.717, 1.165) is 0 Å². The Bertz CT molecular complexity index is 673. The third-order valence-electron chi connectivity index (χ3n) is 5.50. The van der Waals surface area contributed by atoms with Crippen LogP contribution in [-0.2, 0) is 0 Å². The van der Waals surface area contributed by atoms with E-state index in [0.29, 0.717) is 0 Å². The van der Waals surface area contributed by atoms with Gasteiger partial charge in [-0.2, -0.15) is 0 Å². The highest BCUT2D eigenvalue weighted by Gasteiger charge is 2.35. The lowest BCUT2D eigenvalue weighted by Gasteiger charge is -2.20. The molecular formula is C26H24. The molecule has 0 aromatic heterocycles. The topological polar surface area (TPSA) is 0 Å². The standard InChI is InChI=1S/C26H24/c1-17-13-21(14-18(17)2)23-9-5-7-11-25(23)26-12-8-6-10-24(26)22-15-19(3)20(4)16-22/h5-16H,1-4H3. The van der Waals surface area contributed by atoms with Crippen LogP contribution in [0.4, 0.5) is 0 Å². The molecule has 0 heteroatoms. The Hall–Kier alpha value is -1.56. The highest BCUT2D eigenvalue weighted by molar-refractivity contribution is 5.79. The smallest absolute Gasteiger partial charge is 0.0136 e. The number of benzene rings is 2. The first kappa shape index (κ1) is 17.8. The van der Waals surface area contributed by atoms with E-state index in [1.807, 2.05) is 0 Å². The molecule has 0 bridgehead atoms. The molecule has 2 fully saturated rings. The van der Waals surface area contributed by atoms with Crippen LogP contribution < -0.4 is 0 Å². The first-order valence-electron chi connectivity index (χ1n) is 9.21. The van der Waals surface area contributed by atoms with Crippen LogP contribution in [0.5, 0.6) is 0 Å². The third kappa shape index (κ3) is 3.24. The van der Waals surface area contributed by atoms with Gasteiger partial charge in [0.2, 0.25) is 0 Å². The lowest BCUT2D eigenvalue weighted by Crippen LogP contribution is -2.03. The number of hydrogen-bond donors (Lipinski definition) is 0. The van der Waals surface area contributed by atoms with Gasteiger partial charge in [0.15, 0.2) is 0 Å². The van der Waals surface area contributed by atoms with Gasteiger partial charge >= 0.3 is 0 Å². The maximum Gasteiger partial charge on any atom is 0.0136 e. The van der Waals surface area contributed by atoms with Crippen molar-refractivity contribution in [3.8, 4) is 11.1 Å². The van der Waals surface area contributed by atoms with Crippen LogP contribution in [0.15, 0.2) is 48.5 Å². The van der Waals surface area contributed by atoms with Crippen LogP contribution in [0.2, 0.25) is 0 Å². The predicted octanol–water partition coefficient (Wildman–Crippen LogP) is 6.42. The van der Waals surface area contributed by atoms with Gasteiger partial charge in [-0.05, 0) is 71.6 Å². The second-order valence-corrected chi connectivity index (χ2v) is 7.31. The fourth-order valence-electron chi connectivity index (χ4n) is 3.72. The van der Waals surface area contributed by atoms with E-state index in [1.165, 1.54) is 57.8 Å². The first-order chi connectivity index (χ1) is 12.5. The first-order valence-corrected chi connectivity index (χ1v) is 9.21. The maximum atomic E-state index is 2.30. The van der Waals surface area contributed by atoms with E-state index in [-0.39, 0.29) is 0 Å². The molecule has 128 valence electrons. The zero-order chi connectivity index (χ0) is 18.3. The van der Waals surface area contributed by atoms with Crippen LogP contribution in [-0.4, -0.2) is 0 Å². The zero-order valence-electron chi connectivity index (χ0n) is 15.9. The van der Waals surface area contributed by atoms with E-state index in [1.54, 1.807) is 0 Å². The molecule has 0 amide bonds. The normalized spacial score (nSPS) is 21.8. The molecule has 2 aromatic carbocycles. The Morgan fingerprint density at radius 3 is 0.962 bits per heavy atom. The summed E-state index contributed by atoms with van der Waals surface area (Å²) >= 11 is 0. The van der Waals surface area contributed by atoms with Crippen molar-refractivity contribution in [3.63, 3.8) is 0 Å². The van der Waals surface area contributed by atoms with Crippen molar-refractivity contribution in [1.29, 1.82) is 0 Å². The summed E-state index contributed by atoms with van der Waals surface area (Å²) in [4.78, 5) is 0. The summed E-state index contributed by atoms with van der Waals surface area (Å²) in [6, 6.07) is 17.5. The van der Waals surface area contributed by atoms with Crippen molar-refractivity contribution >= 4 is 0 Å². The lowest BCUT2D eigenvalue weighted by atomic mass is 9.83. The van der Waals surface area contributed by atoms with Crippen LogP contribution in [0.25, 0.3) is 11.1 Å². The number of rotatable bonds is 3. The van der Waals surface area contributed by atoms with Crippen molar-refractivity contribution in [3.05, 3.63) is 121 Å². The zero-order valence-corrected chi connectivity index (χ0v) is 15.9. The fourth-order valence-corrected chi connectivity index (χ4v) is 3.72. The molecule has 0 N–H and O–H groups in total. The summed E-state index contributed by atoms with van der Waals surface area (Å²) in [6.07, 6.45) is 9.20. The van der Waals surface area contributed by atoms with E-state index >= 15 is 0 Å². The highest BCUT2D eigenvalue weighted by atomic mass is 14.4. The van der Waals surface area contributed by atoms with Gasteiger partial charge < -0.3 is 0 Å². The second-order valence-electron chi connectivity index (χ2n) is 7.31. The van der Waals surface area contributed by atoms with E-state index < -0.39 is 0 Å². The van der Waals surface area contributed by atoms with E-state index in [2.05, 4.69) is 102 Å². The summed E-state index contributed by atoms with van der Waals surface area (Å²) in [5.41, 5.74) is 5.20. The Balaban J connectivity index is 1.73. The fraction of sp³-hybridized carbons (Fsp3) is 0.154. The van der Waals surface area contributed by atoms with Gasteiger partial charge in [0.05, 0.1) is 0 Å². The number of hydrogen-bond acceptors (Lipinski definition) is 0. The monoisotopic (exact) mass is 336 g/mol. The van der Waals surface area contributed by atoms with Gasteiger partial charge in [0.25, 0.3) is 0 Å². The Morgan fingerprint density at radius 1 is 0.385 bits per heavy atom. The van der Waals surface area contributed by atoms with Crippen molar-refractivity contribution < 1.29 is 0 Å². The van der Waals surface area contributed by atoms with Crippen LogP contribution in [0.3, 0.4) is 0 Å². The molecule has 0 aliphatic heterocycles. The van der Waals surface area contributed by atoms with Gasteiger partial charge in [0, 0.05) is 11.8 Å². The van der Waals surface area contributed by atoms with Crippen LogP contribution >= 0.6 is 0 Å². The Kier molecular flexibility index (Phi) is 4.95. The minimum atomic E-state index is 1.30. The molecule has 2 saturated carbocycles. The summed E-state index contributed by atoms with van der Waals surface area (Å²) in [5, 5.41) is 0. The largest absolute Gasteiger partial charge is 0.0619 e. The van der Waals surface area contributed by atoms with Gasteiger partial charge in [-0.15, -0.1) is 0 Å². The van der Waals surface area contributed by atoms with Crippen LogP contribution in [0.1, 0.15) is 38.8 Å². The molecule has 4 rings (SSSR count). The SMILES string of the molecule is C[C]1[CH][C](c2ccccc2-c2ccccc2[C]2[CH][C](C)[C](C)[CH]2)[CH][C]1C. The highest BCUT2D eigenvalue weighted by Crippen LogP contribution is 2.48. The van der Waals surface area contributed by atoms with Crippen molar-refractivity contribution in [2.24, 2.45) is 0 Å². The minimum absolute atomic E-state index is 1.30. The van der Waals surface area contributed by atoms with Crippen molar-refractivity contribution in [2.45, 2.75) is 27.7 Å². The van der Waals surface area contributed by atoms with Crippen LogP contribution in [0, 0.1) is 61.2 Å². The molecule has 0 atom stereocenters. The van der Waals surface area contributed by atoms with Gasteiger partial charge in [-0.25, -0.2) is 0 Å². The predicted molar refractivity (Wildman–Crippen MR) is 109 cm³/mol. The van der Waals surface area contributed by atoms with Crippen molar-refractivity contribution in [1.82, 2.24) is 0 Å². The quantitative estimate of drug-likeness (QED) is 0.606. The molecule has 26 heavy (non-hydrogen) atoms. The molecule has 0 saturated heterocycles. The van der Waals surface area contributed by atoms with E-state index in [9.17, 15) is 0 Å². The summed E-state index contributed by atoms with van der Waals surface area (Å²) in [7, 11) is 0. The van der Waals surface area contributed by atoms with Crippen molar-refractivity contribution in [2.75, 3.05) is 0 Å². The summed E-state index contributed by atoms with van der Waals surface area (Å²) < 4.78 is 0. The average Bonchev–Trinajstić information content (AvgIpc) is 3.17. The molecule has 2 aromatic rings.